The molecule has 0 heterocycles. The van der Waals surface area contributed by atoms with Gasteiger partial charge in [0.25, 0.3) is 0 Å². The Hall–Kier alpha value is -2.20. The van der Waals surface area contributed by atoms with Crippen molar-refractivity contribution in [3.63, 3.8) is 0 Å². The van der Waals surface area contributed by atoms with Crippen LogP contribution >= 0.6 is 0 Å². The number of hydrogen-bond acceptors (Lipinski definition) is 4. The molecule has 0 saturated heterocycles. The average Bonchev–Trinajstić information content (AvgIpc) is 2.52. The third-order valence-corrected chi connectivity index (χ3v) is 3.22. The minimum atomic E-state index is -0.468. The zero-order chi connectivity index (χ0) is 15.2. The van der Waals surface area contributed by atoms with Crippen molar-refractivity contribution in [2.24, 2.45) is 0 Å². The molecule has 4 nitrogen and oxygen atoms in total. The summed E-state index contributed by atoms with van der Waals surface area (Å²) in [6, 6.07) is 13.1. The molecule has 2 aromatic carbocycles. The lowest BCUT2D eigenvalue weighted by molar-refractivity contribution is 0.199. The minimum absolute atomic E-state index is 0.439. The first kappa shape index (κ1) is 15.2. The number of aliphatic hydroxyl groups excluding tert-OH is 1. The molecule has 112 valence electrons. The summed E-state index contributed by atoms with van der Waals surface area (Å²) in [4.78, 5) is 0. The topological polar surface area (TPSA) is 47.9 Å². The number of rotatable bonds is 6. The highest BCUT2D eigenvalue weighted by molar-refractivity contribution is 5.42. The van der Waals surface area contributed by atoms with Crippen LogP contribution in [0.3, 0.4) is 0 Å². The van der Waals surface area contributed by atoms with E-state index in [1.807, 2.05) is 42.5 Å². The highest BCUT2D eigenvalue weighted by Gasteiger charge is 2.05. The van der Waals surface area contributed by atoms with Gasteiger partial charge in [-0.15, -0.1) is 0 Å². The van der Waals surface area contributed by atoms with Crippen LogP contribution < -0.4 is 14.2 Å². The van der Waals surface area contributed by atoms with Gasteiger partial charge in [0.05, 0.1) is 20.3 Å². The van der Waals surface area contributed by atoms with Crippen molar-refractivity contribution in [2.45, 2.75) is 19.6 Å². The Bertz CT molecular complexity index is 576. The van der Waals surface area contributed by atoms with Gasteiger partial charge >= 0.3 is 0 Å². The highest BCUT2D eigenvalue weighted by Crippen LogP contribution is 2.28. The Morgan fingerprint density at radius 3 is 2.19 bits per heavy atom. The van der Waals surface area contributed by atoms with Gasteiger partial charge in [0.15, 0.2) is 11.5 Å². The standard InChI is InChI=1S/C17H20O4/c1-12(18)14-5-7-15(8-6-14)21-11-13-4-9-16(19-2)17(10-13)20-3/h4-10,12,18H,11H2,1-3H3/t12-/m0/s1. The molecule has 0 saturated carbocycles. The fourth-order valence-electron chi connectivity index (χ4n) is 1.98. The van der Waals surface area contributed by atoms with E-state index in [0.717, 1.165) is 16.9 Å². The molecule has 4 heteroatoms. The quantitative estimate of drug-likeness (QED) is 0.885. The second-order valence-electron chi connectivity index (χ2n) is 4.72. The number of ether oxygens (including phenoxy) is 3. The van der Waals surface area contributed by atoms with Crippen LogP contribution in [0.4, 0.5) is 0 Å². The van der Waals surface area contributed by atoms with E-state index in [0.29, 0.717) is 18.1 Å². The summed E-state index contributed by atoms with van der Waals surface area (Å²) in [6.45, 7) is 2.17. The van der Waals surface area contributed by atoms with E-state index in [9.17, 15) is 5.11 Å². The molecule has 0 aliphatic rings. The average molecular weight is 288 g/mol. The Morgan fingerprint density at radius 2 is 1.62 bits per heavy atom. The van der Waals surface area contributed by atoms with Gasteiger partial charge in [-0.3, -0.25) is 0 Å². The van der Waals surface area contributed by atoms with Crippen LogP contribution in [0.25, 0.3) is 0 Å². The van der Waals surface area contributed by atoms with Gasteiger partial charge < -0.3 is 19.3 Å². The molecule has 0 spiro atoms. The summed E-state index contributed by atoms with van der Waals surface area (Å²) in [7, 11) is 3.22. The maximum Gasteiger partial charge on any atom is 0.161 e. The molecule has 21 heavy (non-hydrogen) atoms. The lowest BCUT2D eigenvalue weighted by Gasteiger charge is -2.11. The molecule has 0 aromatic heterocycles. The monoisotopic (exact) mass is 288 g/mol. The van der Waals surface area contributed by atoms with Crippen LogP contribution in [0.2, 0.25) is 0 Å². The molecule has 0 unspecified atom stereocenters. The third-order valence-electron chi connectivity index (χ3n) is 3.22. The number of benzene rings is 2. The molecule has 0 fully saturated rings. The van der Waals surface area contributed by atoms with Crippen LogP contribution in [0, 0.1) is 0 Å². The summed E-state index contributed by atoms with van der Waals surface area (Å²) < 4.78 is 16.2. The molecule has 1 N–H and O–H groups in total. The SMILES string of the molecule is COc1ccc(COc2ccc([C@H](C)O)cc2)cc1OC. The van der Waals surface area contributed by atoms with Gasteiger partial charge in [0, 0.05) is 0 Å². The fourth-order valence-corrected chi connectivity index (χ4v) is 1.98. The van der Waals surface area contributed by atoms with Crippen molar-refractivity contribution in [3.8, 4) is 17.2 Å². The van der Waals surface area contributed by atoms with Crippen LogP contribution in [0.1, 0.15) is 24.2 Å². The zero-order valence-corrected chi connectivity index (χ0v) is 12.5. The summed E-state index contributed by atoms with van der Waals surface area (Å²) in [6.07, 6.45) is -0.468. The van der Waals surface area contributed by atoms with Gasteiger partial charge in [-0.05, 0) is 42.3 Å². The molecule has 1 atom stereocenters. The van der Waals surface area contributed by atoms with Crippen LogP contribution in [-0.4, -0.2) is 19.3 Å². The normalized spacial score (nSPS) is 11.8. The van der Waals surface area contributed by atoms with E-state index in [4.69, 9.17) is 14.2 Å². The molecule has 2 aromatic rings. The summed E-state index contributed by atoms with van der Waals surface area (Å²) in [5.41, 5.74) is 1.86. The van der Waals surface area contributed by atoms with Crippen molar-refractivity contribution in [2.75, 3.05) is 14.2 Å². The first-order valence-electron chi connectivity index (χ1n) is 6.75. The molecule has 0 amide bonds. The number of methoxy groups -OCH3 is 2. The Balaban J connectivity index is 2.02. The van der Waals surface area contributed by atoms with Crippen molar-refractivity contribution in [1.29, 1.82) is 0 Å². The van der Waals surface area contributed by atoms with Gasteiger partial charge in [0.1, 0.15) is 12.4 Å². The highest BCUT2D eigenvalue weighted by atomic mass is 16.5. The molecule has 0 bridgehead atoms. The lowest BCUT2D eigenvalue weighted by Crippen LogP contribution is -1.98. The van der Waals surface area contributed by atoms with Crippen molar-refractivity contribution in [3.05, 3.63) is 53.6 Å². The van der Waals surface area contributed by atoms with Gasteiger partial charge in [-0.2, -0.15) is 0 Å². The molecule has 0 radical (unpaired) electrons. The summed E-state index contributed by atoms with van der Waals surface area (Å²) >= 11 is 0. The van der Waals surface area contributed by atoms with E-state index >= 15 is 0 Å². The Kier molecular flexibility index (Phi) is 5.06. The molecule has 0 aliphatic heterocycles. The van der Waals surface area contributed by atoms with E-state index in [-0.39, 0.29) is 0 Å². The van der Waals surface area contributed by atoms with Crippen molar-refractivity contribution >= 4 is 0 Å². The van der Waals surface area contributed by atoms with Crippen molar-refractivity contribution in [1.82, 2.24) is 0 Å². The van der Waals surface area contributed by atoms with Crippen LogP contribution in [0.15, 0.2) is 42.5 Å². The van der Waals surface area contributed by atoms with Crippen LogP contribution in [-0.2, 0) is 6.61 Å². The molecule has 2 rings (SSSR count). The summed E-state index contributed by atoms with van der Waals surface area (Å²) in [5, 5.41) is 9.46. The third kappa shape index (κ3) is 3.89. The Labute approximate surface area is 124 Å². The maximum atomic E-state index is 9.46. The second kappa shape index (κ2) is 6.99. The van der Waals surface area contributed by atoms with Gasteiger partial charge in [-0.25, -0.2) is 0 Å². The molecular formula is C17H20O4. The van der Waals surface area contributed by atoms with E-state index < -0.39 is 6.10 Å². The predicted molar refractivity (Wildman–Crippen MR) is 81.0 cm³/mol. The first-order valence-corrected chi connectivity index (χ1v) is 6.75. The first-order chi connectivity index (χ1) is 10.1. The van der Waals surface area contributed by atoms with Gasteiger partial charge in [0.2, 0.25) is 0 Å². The smallest absolute Gasteiger partial charge is 0.161 e. The minimum Gasteiger partial charge on any atom is -0.493 e. The number of hydrogen-bond donors (Lipinski definition) is 1. The molecule has 0 aliphatic carbocycles. The summed E-state index contributed by atoms with van der Waals surface area (Å²) in [5.74, 6) is 2.14. The fraction of sp³-hybridized carbons (Fsp3) is 0.294. The van der Waals surface area contributed by atoms with Gasteiger partial charge in [-0.1, -0.05) is 18.2 Å². The van der Waals surface area contributed by atoms with E-state index in [1.54, 1.807) is 21.1 Å². The van der Waals surface area contributed by atoms with E-state index in [1.165, 1.54) is 0 Å². The zero-order valence-electron chi connectivity index (χ0n) is 12.5. The van der Waals surface area contributed by atoms with Crippen LogP contribution in [0.5, 0.6) is 17.2 Å². The largest absolute Gasteiger partial charge is 0.493 e. The molecular weight excluding hydrogens is 268 g/mol. The maximum absolute atomic E-state index is 9.46. The predicted octanol–water partition coefficient (Wildman–Crippen LogP) is 3.34. The van der Waals surface area contributed by atoms with Crippen molar-refractivity contribution < 1.29 is 19.3 Å². The Morgan fingerprint density at radius 1 is 0.952 bits per heavy atom. The van der Waals surface area contributed by atoms with E-state index in [2.05, 4.69) is 0 Å². The second-order valence-corrected chi connectivity index (χ2v) is 4.72. The number of aliphatic hydroxyl groups is 1. The lowest BCUT2D eigenvalue weighted by atomic mass is 10.1.